The maximum atomic E-state index is 12.2. The Morgan fingerprint density at radius 1 is 1.07 bits per heavy atom. The van der Waals surface area contributed by atoms with E-state index in [0.29, 0.717) is 22.9 Å². The number of hydrazone groups is 1. The quantitative estimate of drug-likeness (QED) is 0.488. The van der Waals surface area contributed by atoms with Crippen LogP contribution in [0.15, 0.2) is 65.8 Å². The van der Waals surface area contributed by atoms with Gasteiger partial charge in [0.2, 0.25) is 0 Å². The first-order chi connectivity index (χ1) is 13.7. The minimum Gasteiger partial charge on any atom is -0.493 e. The van der Waals surface area contributed by atoms with Crippen molar-refractivity contribution >= 4 is 18.2 Å². The Hall–Kier alpha value is -3.87. The summed E-state index contributed by atoms with van der Waals surface area (Å²) in [6.45, 7) is 0. The van der Waals surface area contributed by atoms with E-state index < -0.39 is 0 Å². The standard InChI is InChI=1S/C21H20N4O3/c1-27-19-11-10-16(13-20(19)28-2)17-14-18(24-23-17)21(26)25-22-12-6-9-15-7-4-3-5-8-15/h3-14H,1-2H3,(H,23,24)(H,25,26). The second kappa shape index (κ2) is 9.18. The van der Waals surface area contributed by atoms with Crippen LogP contribution in [0.3, 0.4) is 0 Å². The number of carbonyl (C=O) groups excluding carboxylic acids is 1. The van der Waals surface area contributed by atoms with Gasteiger partial charge in [-0.2, -0.15) is 10.2 Å². The molecule has 0 aliphatic heterocycles. The molecule has 0 saturated heterocycles. The van der Waals surface area contributed by atoms with Crippen molar-refractivity contribution in [2.75, 3.05) is 14.2 Å². The number of hydrogen-bond acceptors (Lipinski definition) is 5. The van der Waals surface area contributed by atoms with Gasteiger partial charge >= 0.3 is 0 Å². The highest BCUT2D eigenvalue weighted by molar-refractivity contribution is 5.94. The Morgan fingerprint density at radius 2 is 1.86 bits per heavy atom. The normalized spacial score (nSPS) is 11.1. The van der Waals surface area contributed by atoms with Gasteiger partial charge in [0.05, 0.1) is 19.9 Å². The van der Waals surface area contributed by atoms with Crippen LogP contribution in [-0.4, -0.2) is 36.5 Å². The SMILES string of the molecule is COc1ccc(-c2cc(C(=O)NN=CC=Cc3ccccc3)[nH]n2)cc1OC. The lowest BCUT2D eigenvalue weighted by molar-refractivity contribution is 0.0950. The molecule has 0 atom stereocenters. The molecule has 3 aromatic rings. The van der Waals surface area contributed by atoms with E-state index in [4.69, 9.17) is 9.47 Å². The minimum atomic E-state index is -0.386. The number of amides is 1. The number of nitrogens with zero attached hydrogens (tertiary/aromatic N) is 2. The predicted octanol–water partition coefficient (Wildman–Crippen LogP) is 3.52. The fourth-order valence-electron chi connectivity index (χ4n) is 2.50. The van der Waals surface area contributed by atoms with E-state index in [1.807, 2.05) is 42.5 Å². The summed E-state index contributed by atoms with van der Waals surface area (Å²) in [4.78, 5) is 12.2. The van der Waals surface area contributed by atoms with Crippen molar-refractivity contribution in [1.82, 2.24) is 15.6 Å². The fourth-order valence-corrected chi connectivity index (χ4v) is 2.50. The number of nitrogens with one attached hydrogen (secondary N) is 2. The van der Waals surface area contributed by atoms with Gasteiger partial charge in [0.25, 0.3) is 5.91 Å². The number of rotatable bonds is 7. The monoisotopic (exact) mass is 376 g/mol. The number of carbonyl (C=O) groups is 1. The molecule has 142 valence electrons. The highest BCUT2D eigenvalue weighted by Gasteiger charge is 2.12. The lowest BCUT2D eigenvalue weighted by Crippen LogP contribution is -2.17. The Labute approximate surface area is 162 Å². The molecule has 0 fully saturated rings. The summed E-state index contributed by atoms with van der Waals surface area (Å²) < 4.78 is 10.5. The van der Waals surface area contributed by atoms with Crippen LogP contribution in [0.5, 0.6) is 11.5 Å². The minimum absolute atomic E-state index is 0.300. The maximum absolute atomic E-state index is 12.2. The van der Waals surface area contributed by atoms with Gasteiger partial charge in [0, 0.05) is 11.8 Å². The molecule has 0 spiro atoms. The summed E-state index contributed by atoms with van der Waals surface area (Å²) >= 11 is 0. The van der Waals surface area contributed by atoms with Gasteiger partial charge in [-0.15, -0.1) is 0 Å². The number of aromatic amines is 1. The van der Waals surface area contributed by atoms with E-state index in [-0.39, 0.29) is 5.91 Å². The first-order valence-electron chi connectivity index (χ1n) is 8.54. The van der Waals surface area contributed by atoms with Gasteiger partial charge in [-0.05, 0) is 35.9 Å². The topological polar surface area (TPSA) is 88.6 Å². The molecule has 0 aliphatic rings. The van der Waals surface area contributed by atoms with Gasteiger partial charge in [-0.25, -0.2) is 5.43 Å². The molecule has 7 nitrogen and oxygen atoms in total. The van der Waals surface area contributed by atoms with Crippen LogP contribution < -0.4 is 14.9 Å². The number of methoxy groups -OCH3 is 2. The number of benzene rings is 2. The molecule has 3 rings (SSSR count). The maximum Gasteiger partial charge on any atom is 0.289 e. The van der Waals surface area contributed by atoms with Crippen molar-refractivity contribution in [3.8, 4) is 22.8 Å². The second-order valence-electron chi connectivity index (χ2n) is 5.73. The third kappa shape index (κ3) is 4.64. The van der Waals surface area contributed by atoms with Crippen LogP contribution in [0.4, 0.5) is 0 Å². The van der Waals surface area contributed by atoms with Crippen molar-refractivity contribution in [3.05, 3.63) is 71.9 Å². The van der Waals surface area contributed by atoms with E-state index >= 15 is 0 Å². The molecule has 1 amide bonds. The summed E-state index contributed by atoms with van der Waals surface area (Å²) in [5.74, 6) is 0.824. The van der Waals surface area contributed by atoms with Crippen LogP contribution in [0.2, 0.25) is 0 Å². The predicted molar refractivity (Wildman–Crippen MR) is 109 cm³/mol. The highest BCUT2D eigenvalue weighted by Crippen LogP contribution is 2.31. The molecule has 0 saturated carbocycles. The van der Waals surface area contributed by atoms with Crippen LogP contribution in [-0.2, 0) is 0 Å². The highest BCUT2D eigenvalue weighted by atomic mass is 16.5. The Kier molecular flexibility index (Phi) is 6.20. The van der Waals surface area contributed by atoms with Crippen molar-refractivity contribution in [2.24, 2.45) is 5.10 Å². The van der Waals surface area contributed by atoms with Crippen LogP contribution in [0.25, 0.3) is 17.3 Å². The Morgan fingerprint density at radius 3 is 2.61 bits per heavy atom. The van der Waals surface area contributed by atoms with E-state index in [1.165, 1.54) is 6.21 Å². The lowest BCUT2D eigenvalue weighted by Gasteiger charge is -2.08. The van der Waals surface area contributed by atoms with Gasteiger partial charge in [-0.1, -0.05) is 36.4 Å². The van der Waals surface area contributed by atoms with E-state index in [0.717, 1.165) is 11.1 Å². The number of allylic oxidation sites excluding steroid dienone is 1. The number of ether oxygens (including phenoxy) is 2. The molecule has 0 radical (unpaired) electrons. The lowest BCUT2D eigenvalue weighted by atomic mass is 10.1. The molecule has 2 N–H and O–H groups in total. The number of aromatic nitrogens is 2. The molecular formula is C21H20N4O3. The molecule has 0 unspecified atom stereocenters. The van der Waals surface area contributed by atoms with Gasteiger partial charge in [-0.3, -0.25) is 9.89 Å². The van der Waals surface area contributed by atoms with Crippen LogP contribution >= 0.6 is 0 Å². The zero-order chi connectivity index (χ0) is 19.8. The van der Waals surface area contributed by atoms with Crippen molar-refractivity contribution < 1.29 is 14.3 Å². The number of hydrogen-bond donors (Lipinski definition) is 2. The molecule has 2 aromatic carbocycles. The van der Waals surface area contributed by atoms with Gasteiger partial charge in [0.1, 0.15) is 5.69 Å². The van der Waals surface area contributed by atoms with Crippen molar-refractivity contribution in [1.29, 1.82) is 0 Å². The van der Waals surface area contributed by atoms with Crippen molar-refractivity contribution in [3.63, 3.8) is 0 Å². The molecule has 0 aliphatic carbocycles. The molecule has 7 heteroatoms. The molecule has 1 aromatic heterocycles. The summed E-state index contributed by atoms with van der Waals surface area (Å²) in [7, 11) is 3.14. The molecule has 1 heterocycles. The average Bonchev–Trinajstić information content (AvgIpc) is 3.24. The Bertz CT molecular complexity index is 994. The first kappa shape index (κ1) is 18.9. The van der Waals surface area contributed by atoms with Gasteiger partial charge < -0.3 is 9.47 Å². The van der Waals surface area contributed by atoms with E-state index in [1.54, 1.807) is 38.5 Å². The van der Waals surface area contributed by atoms with Crippen LogP contribution in [0.1, 0.15) is 16.1 Å². The third-order valence-electron chi connectivity index (χ3n) is 3.92. The third-order valence-corrected chi connectivity index (χ3v) is 3.92. The zero-order valence-electron chi connectivity index (χ0n) is 15.5. The fraction of sp³-hybridized carbons (Fsp3) is 0.0952. The molecule has 0 bridgehead atoms. The first-order valence-corrected chi connectivity index (χ1v) is 8.54. The average molecular weight is 376 g/mol. The largest absolute Gasteiger partial charge is 0.493 e. The Balaban J connectivity index is 1.62. The zero-order valence-corrected chi connectivity index (χ0v) is 15.5. The van der Waals surface area contributed by atoms with Gasteiger partial charge in [0.15, 0.2) is 11.5 Å². The second-order valence-corrected chi connectivity index (χ2v) is 5.73. The summed E-state index contributed by atoms with van der Waals surface area (Å²) in [5.41, 5.74) is 5.21. The van der Waals surface area contributed by atoms with E-state index in [2.05, 4.69) is 20.7 Å². The molecular weight excluding hydrogens is 356 g/mol. The van der Waals surface area contributed by atoms with Crippen LogP contribution in [0, 0.1) is 0 Å². The summed E-state index contributed by atoms with van der Waals surface area (Å²) in [5, 5.41) is 10.8. The molecule has 28 heavy (non-hydrogen) atoms. The summed E-state index contributed by atoms with van der Waals surface area (Å²) in [6.07, 6.45) is 5.15. The smallest absolute Gasteiger partial charge is 0.289 e. The number of H-pyrrole nitrogens is 1. The summed E-state index contributed by atoms with van der Waals surface area (Å²) in [6, 6.07) is 16.9. The van der Waals surface area contributed by atoms with E-state index in [9.17, 15) is 4.79 Å². The van der Waals surface area contributed by atoms with Crippen molar-refractivity contribution in [2.45, 2.75) is 0 Å².